The van der Waals surface area contributed by atoms with Gasteiger partial charge in [0.1, 0.15) is 0 Å². The molecule has 10 nitrogen and oxygen atoms in total. The number of fused-ring (bicyclic) bond motifs is 2. The van der Waals surface area contributed by atoms with Gasteiger partial charge in [-0.25, -0.2) is 13.2 Å². The Hall–Kier alpha value is -3.15. The molecule has 0 saturated carbocycles. The highest BCUT2D eigenvalue weighted by Crippen LogP contribution is 2.30. The Morgan fingerprint density at radius 3 is 2.74 bits per heavy atom. The number of halogens is 1. The van der Waals surface area contributed by atoms with E-state index in [9.17, 15) is 23.2 Å². The quantitative estimate of drug-likeness (QED) is 0.328. The fourth-order valence-electron chi connectivity index (χ4n) is 3.35. The number of H-pyrrole nitrogens is 1. The van der Waals surface area contributed by atoms with Crippen molar-refractivity contribution in [1.29, 1.82) is 0 Å². The van der Waals surface area contributed by atoms with E-state index in [4.69, 9.17) is 16.3 Å². The number of rotatable bonds is 6. The first kappa shape index (κ1) is 21.1. The molecule has 0 atom stereocenters. The number of hydrogen-bond donors (Lipinski definition) is 2. The SMILES string of the molecule is COCCCn1ncc2ccc(S(=O)(=O)c3ccc(Cl)c4c(=O)n(O)c(=O)[nH]c34)cc21. The van der Waals surface area contributed by atoms with Gasteiger partial charge >= 0.3 is 5.69 Å². The van der Waals surface area contributed by atoms with Gasteiger partial charge in [-0.3, -0.25) is 9.48 Å². The maximum absolute atomic E-state index is 13.4. The molecule has 0 aliphatic rings. The molecule has 2 heterocycles. The minimum absolute atomic E-state index is 0.0499. The number of aromatic nitrogens is 4. The van der Waals surface area contributed by atoms with Gasteiger partial charge in [-0.05, 0) is 36.8 Å². The topological polar surface area (TPSA) is 136 Å². The summed E-state index contributed by atoms with van der Waals surface area (Å²) in [5, 5.41) is 14.2. The van der Waals surface area contributed by atoms with Gasteiger partial charge in [-0.2, -0.15) is 5.10 Å². The van der Waals surface area contributed by atoms with Crippen LogP contribution in [0.5, 0.6) is 0 Å². The van der Waals surface area contributed by atoms with Crippen LogP contribution in [0.1, 0.15) is 6.42 Å². The van der Waals surface area contributed by atoms with Crippen LogP contribution in [0.15, 0.2) is 55.9 Å². The highest BCUT2D eigenvalue weighted by molar-refractivity contribution is 7.91. The van der Waals surface area contributed by atoms with Crippen molar-refractivity contribution in [2.45, 2.75) is 22.8 Å². The van der Waals surface area contributed by atoms with Crippen LogP contribution in [-0.2, 0) is 21.1 Å². The number of aromatic amines is 1. The molecule has 2 aromatic heterocycles. The molecule has 0 unspecified atom stereocenters. The smallest absolute Gasteiger partial charge is 0.362 e. The standard InChI is InChI=1S/C19H17ClN4O6S/c1-30-8-2-7-23-14-9-12(4-3-11(14)10-21-23)31(28,29)15-6-5-13(20)16-17(15)22-19(26)24(27)18(16)25/h3-6,9-10,27H,2,7-8H2,1H3,(H,22,26). The second-order valence-electron chi connectivity index (χ2n) is 6.78. The zero-order valence-corrected chi connectivity index (χ0v) is 17.8. The van der Waals surface area contributed by atoms with E-state index in [1.165, 1.54) is 24.3 Å². The van der Waals surface area contributed by atoms with Crippen molar-refractivity contribution in [3.8, 4) is 0 Å². The fraction of sp³-hybridized carbons (Fsp3) is 0.211. The van der Waals surface area contributed by atoms with Crippen molar-refractivity contribution in [2.75, 3.05) is 13.7 Å². The van der Waals surface area contributed by atoms with Crippen molar-refractivity contribution >= 4 is 43.2 Å². The van der Waals surface area contributed by atoms with Crippen LogP contribution in [0.2, 0.25) is 5.02 Å². The third kappa shape index (κ3) is 3.50. The molecule has 0 amide bonds. The lowest BCUT2D eigenvalue weighted by atomic mass is 10.2. The van der Waals surface area contributed by atoms with Gasteiger partial charge in [0.05, 0.1) is 37.4 Å². The van der Waals surface area contributed by atoms with Gasteiger partial charge in [0.25, 0.3) is 5.56 Å². The minimum Gasteiger partial charge on any atom is -0.421 e. The van der Waals surface area contributed by atoms with E-state index in [0.717, 1.165) is 5.39 Å². The number of hydrogen-bond acceptors (Lipinski definition) is 7. The van der Waals surface area contributed by atoms with Gasteiger partial charge in [0.2, 0.25) is 9.84 Å². The van der Waals surface area contributed by atoms with Crippen molar-refractivity contribution < 1.29 is 18.4 Å². The Morgan fingerprint density at radius 2 is 2.00 bits per heavy atom. The first-order valence-electron chi connectivity index (χ1n) is 9.12. The summed E-state index contributed by atoms with van der Waals surface area (Å²) in [6, 6.07) is 6.96. The lowest BCUT2D eigenvalue weighted by Crippen LogP contribution is -2.33. The van der Waals surface area contributed by atoms with Crippen LogP contribution in [0.25, 0.3) is 21.8 Å². The zero-order valence-electron chi connectivity index (χ0n) is 16.2. The third-order valence-corrected chi connectivity index (χ3v) is 6.99. The maximum Gasteiger partial charge on any atom is 0.362 e. The average molecular weight is 465 g/mol. The van der Waals surface area contributed by atoms with Crippen molar-refractivity contribution in [2.24, 2.45) is 0 Å². The van der Waals surface area contributed by atoms with Crippen LogP contribution in [-0.4, -0.2) is 46.8 Å². The van der Waals surface area contributed by atoms with Gasteiger partial charge in [0.15, 0.2) is 0 Å². The van der Waals surface area contributed by atoms with Crippen LogP contribution in [0.3, 0.4) is 0 Å². The average Bonchev–Trinajstić information content (AvgIpc) is 3.14. The Balaban J connectivity index is 1.91. The van der Waals surface area contributed by atoms with E-state index < -0.39 is 21.1 Å². The Bertz CT molecular complexity index is 1540. The van der Waals surface area contributed by atoms with Gasteiger partial charge in [-0.1, -0.05) is 16.3 Å². The normalized spacial score (nSPS) is 12.1. The van der Waals surface area contributed by atoms with E-state index in [2.05, 4.69) is 10.1 Å². The summed E-state index contributed by atoms with van der Waals surface area (Å²) in [6.07, 6.45) is 2.33. The van der Waals surface area contributed by atoms with Crippen LogP contribution in [0, 0.1) is 0 Å². The summed E-state index contributed by atoms with van der Waals surface area (Å²) >= 11 is 6.04. The molecule has 0 bridgehead atoms. The summed E-state index contributed by atoms with van der Waals surface area (Å²) in [7, 11) is -2.57. The molecule has 0 spiro atoms. The van der Waals surface area contributed by atoms with Crippen LogP contribution < -0.4 is 11.2 Å². The molecule has 0 aliphatic carbocycles. The third-order valence-electron chi connectivity index (χ3n) is 4.88. The van der Waals surface area contributed by atoms with E-state index in [0.29, 0.717) is 25.1 Å². The number of nitrogens with one attached hydrogen (secondary N) is 1. The maximum atomic E-state index is 13.4. The molecule has 2 N–H and O–H groups in total. The number of ether oxygens (including phenoxy) is 1. The lowest BCUT2D eigenvalue weighted by molar-refractivity contribution is 0.162. The largest absolute Gasteiger partial charge is 0.421 e. The molecule has 162 valence electrons. The summed E-state index contributed by atoms with van der Waals surface area (Å²) < 4.78 is 33.4. The lowest BCUT2D eigenvalue weighted by Gasteiger charge is -2.10. The predicted octanol–water partition coefficient (Wildman–Crippen LogP) is 1.80. The predicted molar refractivity (Wildman–Crippen MR) is 113 cm³/mol. The number of aryl methyl sites for hydroxylation is 1. The molecule has 0 saturated heterocycles. The van der Waals surface area contributed by atoms with Crippen molar-refractivity contribution in [3.63, 3.8) is 0 Å². The van der Waals surface area contributed by atoms with Crippen molar-refractivity contribution in [3.05, 3.63) is 62.4 Å². The fourth-order valence-corrected chi connectivity index (χ4v) is 5.03. The monoisotopic (exact) mass is 464 g/mol. The van der Waals surface area contributed by atoms with Crippen LogP contribution >= 0.6 is 11.6 Å². The summed E-state index contributed by atoms with van der Waals surface area (Å²) in [6.45, 7) is 1.07. The highest BCUT2D eigenvalue weighted by atomic mass is 35.5. The van der Waals surface area contributed by atoms with Crippen LogP contribution in [0.4, 0.5) is 0 Å². The molecule has 4 aromatic rings. The van der Waals surface area contributed by atoms with Gasteiger partial charge < -0.3 is 14.9 Å². The Labute approximate surface area is 180 Å². The molecule has 0 fully saturated rings. The molecule has 4 rings (SSSR count). The molecule has 31 heavy (non-hydrogen) atoms. The molecule has 0 aliphatic heterocycles. The van der Waals surface area contributed by atoms with E-state index in [-0.39, 0.29) is 30.4 Å². The number of benzene rings is 2. The number of sulfone groups is 1. The first-order valence-corrected chi connectivity index (χ1v) is 11.0. The summed E-state index contributed by atoms with van der Waals surface area (Å²) in [4.78, 5) is 26.0. The molecular weight excluding hydrogens is 448 g/mol. The molecule has 2 aromatic carbocycles. The summed E-state index contributed by atoms with van der Waals surface area (Å²) in [5.74, 6) is 0. The van der Waals surface area contributed by atoms with Gasteiger partial charge in [0, 0.05) is 25.6 Å². The van der Waals surface area contributed by atoms with Crippen molar-refractivity contribution in [1.82, 2.24) is 19.5 Å². The van der Waals surface area contributed by atoms with E-state index in [1.807, 2.05) is 0 Å². The zero-order chi connectivity index (χ0) is 22.3. The second kappa shape index (κ2) is 7.84. The number of methoxy groups -OCH3 is 1. The summed E-state index contributed by atoms with van der Waals surface area (Å²) in [5.41, 5.74) is -1.96. The molecular formula is C19H17ClN4O6S. The molecule has 12 heteroatoms. The highest BCUT2D eigenvalue weighted by Gasteiger charge is 2.25. The Kier molecular flexibility index (Phi) is 5.33. The van der Waals surface area contributed by atoms with Gasteiger partial charge in [-0.15, -0.1) is 0 Å². The molecule has 0 radical (unpaired) electrons. The Morgan fingerprint density at radius 1 is 1.23 bits per heavy atom. The second-order valence-corrected chi connectivity index (χ2v) is 9.11. The number of nitrogens with zero attached hydrogens (tertiary/aromatic N) is 3. The minimum atomic E-state index is -4.16. The first-order chi connectivity index (χ1) is 14.8. The van der Waals surface area contributed by atoms with E-state index in [1.54, 1.807) is 24.1 Å². The van der Waals surface area contributed by atoms with E-state index >= 15 is 0 Å².